The van der Waals surface area contributed by atoms with Gasteiger partial charge in [0.15, 0.2) is 5.82 Å². The van der Waals surface area contributed by atoms with E-state index in [1.807, 2.05) is 6.92 Å². The van der Waals surface area contributed by atoms with Crippen LogP contribution in [-0.2, 0) is 0 Å². The summed E-state index contributed by atoms with van der Waals surface area (Å²) in [5.41, 5.74) is 5.69. The molecule has 4 nitrogen and oxygen atoms in total. The minimum atomic E-state index is -0.160. The highest BCUT2D eigenvalue weighted by Crippen LogP contribution is 2.34. The van der Waals surface area contributed by atoms with Gasteiger partial charge < -0.3 is 10.3 Å². The number of aromatic nitrogens is 2. The standard InChI is InChI=1S/C11H19N3O/c1-7-4-3-5-9(6-7)10-13-11(8(2)12)15-14-10/h7-9H,3-6,12H2,1-2H3/t7?,8-,9?/m0/s1. The fraction of sp³-hybridized carbons (Fsp3) is 0.818. The smallest absolute Gasteiger partial charge is 0.243 e. The first-order valence-corrected chi connectivity index (χ1v) is 5.76. The van der Waals surface area contributed by atoms with Crippen molar-refractivity contribution in [1.29, 1.82) is 0 Å². The van der Waals surface area contributed by atoms with Crippen molar-refractivity contribution in [3.05, 3.63) is 11.7 Å². The molecule has 1 aromatic heterocycles. The largest absolute Gasteiger partial charge is 0.338 e. The lowest BCUT2D eigenvalue weighted by Crippen LogP contribution is -2.13. The molecule has 1 saturated carbocycles. The maximum Gasteiger partial charge on any atom is 0.243 e. The molecule has 0 saturated heterocycles. The molecule has 1 aliphatic carbocycles. The quantitative estimate of drug-likeness (QED) is 0.812. The predicted molar refractivity (Wildman–Crippen MR) is 57.3 cm³/mol. The third-order valence-corrected chi connectivity index (χ3v) is 3.15. The molecule has 2 rings (SSSR count). The highest BCUT2D eigenvalue weighted by molar-refractivity contribution is 4.99. The minimum absolute atomic E-state index is 0.160. The molecule has 0 amide bonds. The van der Waals surface area contributed by atoms with Gasteiger partial charge in [0, 0.05) is 5.92 Å². The fourth-order valence-corrected chi connectivity index (χ4v) is 2.27. The molecule has 0 aromatic carbocycles. The molecule has 1 aromatic rings. The SMILES string of the molecule is CC1CCCC(c2noc([C@H](C)N)n2)C1. The van der Waals surface area contributed by atoms with E-state index >= 15 is 0 Å². The van der Waals surface area contributed by atoms with Crippen molar-refractivity contribution < 1.29 is 4.52 Å². The van der Waals surface area contributed by atoms with Gasteiger partial charge in [0.1, 0.15) is 0 Å². The minimum Gasteiger partial charge on any atom is -0.338 e. The average Bonchev–Trinajstić information content (AvgIpc) is 2.66. The van der Waals surface area contributed by atoms with E-state index < -0.39 is 0 Å². The van der Waals surface area contributed by atoms with Gasteiger partial charge in [-0.1, -0.05) is 24.9 Å². The van der Waals surface area contributed by atoms with Crippen LogP contribution in [0.4, 0.5) is 0 Å². The first-order chi connectivity index (χ1) is 7.16. The first-order valence-electron chi connectivity index (χ1n) is 5.76. The monoisotopic (exact) mass is 209 g/mol. The van der Waals surface area contributed by atoms with Gasteiger partial charge in [-0.05, 0) is 25.7 Å². The third kappa shape index (κ3) is 2.37. The lowest BCUT2D eigenvalue weighted by atomic mass is 9.82. The lowest BCUT2D eigenvalue weighted by Gasteiger charge is -2.23. The predicted octanol–water partition coefficient (Wildman–Crippen LogP) is 2.38. The summed E-state index contributed by atoms with van der Waals surface area (Å²) in [5.74, 6) is 2.67. The van der Waals surface area contributed by atoms with E-state index in [1.54, 1.807) is 0 Å². The highest BCUT2D eigenvalue weighted by atomic mass is 16.5. The van der Waals surface area contributed by atoms with Crippen LogP contribution >= 0.6 is 0 Å². The summed E-state index contributed by atoms with van der Waals surface area (Å²) < 4.78 is 5.13. The van der Waals surface area contributed by atoms with E-state index in [0.29, 0.717) is 11.8 Å². The van der Waals surface area contributed by atoms with E-state index in [4.69, 9.17) is 10.3 Å². The Bertz CT molecular complexity index is 321. The van der Waals surface area contributed by atoms with Gasteiger partial charge in [-0.25, -0.2) is 0 Å². The van der Waals surface area contributed by atoms with Crippen LogP contribution in [0.3, 0.4) is 0 Å². The second-order valence-electron chi connectivity index (χ2n) is 4.75. The second-order valence-corrected chi connectivity index (χ2v) is 4.75. The van der Waals surface area contributed by atoms with Crippen molar-refractivity contribution in [3.8, 4) is 0 Å². The summed E-state index contributed by atoms with van der Waals surface area (Å²) in [5, 5.41) is 4.03. The normalized spacial score (nSPS) is 29.0. The molecule has 2 N–H and O–H groups in total. The molecule has 15 heavy (non-hydrogen) atoms. The van der Waals surface area contributed by atoms with E-state index in [0.717, 1.165) is 11.7 Å². The Morgan fingerprint density at radius 1 is 1.47 bits per heavy atom. The summed E-state index contributed by atoms with van der Waals surface area (Å²) in [6.07, 6.45) is 4.96. The Morgan fingerprint density at radius 3 is 2.87 bits per heavy atom. The van der Waals surface area contributed by atoms with E-state index in [-0.39, 0.29) is 6.04 Å². The van der Waals surface area contributed by atoms with Gasteiger partial charge in [0.2, 0.25) is 5.89 Å². The molecule has 1 fully saturated rings. The van der Waals surface area contributed by atoms with Crippen molar-refractivity contribution in [2.24, 2.45) is 11.7 Å². The van der Waals surface area contributed by atoms with Crippen LogP contribution < -0.4 is 5.73 Å². The van der Waals surface area contributed by atoms with Crippen LogP contribution in [0.1, 0.15) is 63.2 Å². The van der Waals surface area contributed by atoms with Gasteiger partial charge in [-0.2, -0.15) is 4.98 Å². The molecule has 2 unspecified atom stereocenters. The van der Waals surface area contributed by atoms with Crippen molar-refractivity contribution in [2.45, 2.75) is 51.5 Å². The van der Waals surface area contributed by atoms with Crippen LogP contribution in [0, 0.1) is 5.92 Å². The van der Waals surface area contributed by atoms with E-state index in [1.165, 1.54) is 25.7 Å². The number of hydrogen-bond acceptors (Lipinski definition) is 4. The van der Waals surface area contributed by atoms with Gasteiger partial charge in [-0.3, -0.25) is 0 Å². The zero-order chi connectivity index (χ0) is 10.8. The maximum atomic E-state index is 5.69. The van der Waals surface area contributed by atoms with Crippen LogP contribution in [0.5, 0.6) is 0 Å². The molecule has 0 radical (unpaired) electrons. The molecular weight excluding hydrogens is 190 g/mol. The molecule has 4 heteroatoms. The Hall–Kier alpha value is -0.900. The molecule has 3 atom stereocenters. The number of nitrogens with two attached hydrogens (primary N) is 1. The lowest BCUT2D eigenvalue weighted by molar-refractivity contribution is 0.317. The summed E-state index contributed by atoms with van der Waals surface area (Å²) in [7, 11) is 0. The zero-order valence-electron chi connectivity index (χ0n) is 9.44. The molecule has 0 bridgehead atoms. The number of hydrogen-bond donors (Lipinski definition) is 1. The summed E-state index contributed by atoms with van der Waals surface area (Å²) in [6, 6.07) is -0.160. The van der Waals surface area contributed by atoms with Crippen molar-refractivity contribution >= 4 is 0 Å². The summed E-state index contributed by atoms with van der Waals surface area (Å²) >= 11 is 0. The average molecular weight is 209 g/mol. The van der Waals surface area contributed by atoms with Crippen molar-refractivity contribution in [3.63, 3.8) is 0 Å². The summed E-state index contributed by atoms with van der Waals surface area (Å²) in [4.78, 5) is 4.37. The van der Waals surface area contributed by atoms with Crippen LogP contribution in [0.25, 0.3) is 0 Å². The van der Waals surface area contributed by atoms with Gasteiger partial charge in [-0.15, -0.1) is 0 Å². The highest BCUT2D eigenvalue weighted by Gasteiger charge is 2.24. The number of nitrogens with zero attached hydrogens (tertiary/aromatic N) is 2. The van der Waals surface area contributed by atoms with Crippen LogP contribution in [0.2, 0.25) is 0 Å². The fourth-order valence-electron chi connectivity index (χ4n) is 2.27. The topological polar surface area (TPSA) is 64.9 Å². The van der Waals surface area contributed by atoms with Gasteiger partial charge in [0.25, 0.3) is 0 Å². The third-order valence-electron chi connectivity index (χ3n) is 3.15. The van der Waals surface area contributed by atoms with E-state index in [9.17, 15) is 0 Å². The molecule has 1 heterocycles. The molecule has 0 aliphatic heterocycles. The Morgan fingerprint density at radius 2 is 2.27 bits per heavy atom. The Kier molecular flexibility index (Phi) is 3.05. The molecular formula is C11H19N3O. The van der Waals surface area contributed by atoms with Crippen LogP contribution in [-0.4, -0.2) is 10.1 Å². The number of rotatable bonds is 2. The molecule has 0 spiro atoms. The first kappa shape index (κ1) is 10.6. The molecule has 1 aliphatic rings. The van der Waals surface area contributed by atoms with Gasteiger partial charge >= 0.3 is 0 Å². The second kappa shape index (κ2) is 4.31. The Labute approximate surface area is 90.2 Å². The zero-order valence-corrected chi connectivity index (χ0v) is 9.44. The Balaban J connectivity index is 2.08. The maximum absolute atomic E-state index is 5.69. The molecule has 84 valence electrons. The van der Waals surface area contributed by atoms with Crippen molar-refractivity contribution in [1.82, 2.24) is 10.1 Å². The van der Waals surface area contributed by atoms with E-state index in [2.05, 4.69) is 17.1 Å². The summed E-state index contributed by atoms with van der Waals surface area (Å²) in [6.45, 7) is 4.15. The van der Waals surface area contributed by atoms with Crippen molar-refractivity contribution in [2.75, 3.05) is 0 Å². The van der Waals surface area contributed by atoms with Crippen LogP contribution in [0.15, 0.2) is 4.52 Å². The van der Waals surface area contributed by atoms with Gasteiger partial charge in [0.05, 0.1) is 6.04 Å².